The average Bonchev–Trinajstić information content (AvgIpc) is 3.55. The topological polar surface area (TPSA) is 112 Å². The fraction of sp³-hybridized carbons (Fsp3) is 0.407. The smallest absolute Gasteiger partial charge is 0.255 e. The van der Waals surface area contributed by atoms with E-state index in [0.29, 0.717) is 56.0 Å². The number of carbonyl (C=O) groups excluding carboxylic acids is 2. The Morgan fingerprint density at radius 1 is 1.24 bits per heavy atom. The van der Waals surface area contributed by atoms with Crippen molar-refractivity contribution in [1.29, 1.82) is 0 Å². The highest BCUT2D eigenvalue weighted by atomic mass is 19.1. The van der Waals surface area contributed by atoms with Gasteiger partial charge in [-0.25, -0.2) is 9.37 Å². The van der Waals surface area contributed by atoms with Gasteiger partial charge in [-0.05, 0) is 55.5 Å². The second kappa shape index (κ2) is 12.4. The molecule has 10 heteroatoms. The standard InChI is InChI=1S/C27H33FN6O3/c1-33-18-20(16-31-33)24-10-9-23(26(32-24)29-12-11-19-5-2-6-21(28)15-19)27(37)30-17-22-7-3-13-34(22)25(36)8-4-14-35/h2,5-6,9-10,15-16,18,22,35H,3-4,7-8,11-14,17H2,1H3,(H,29,32)(H,30,37)/t22-/m1/s1. The lowest BCUT2D eigenvalue weighted by molar-refractivity contribution is -0.132. The number of hydrogen-bond acceptors (Lipinski definition) is 6. The third kappa shape index (κ3) is 6.91. The highest BCUT2D eigenvalue weighted by Gasteiger charge is 2.29. The van der Waals surface area contributed by atoms with Crippen molar-refractivity contribution < 1.29 is 19.1 Å². The van der Waals surface area contributed by atoms with Gasteiger partial charge < -0.3 is 20.6 Å². The van der Waals surface area contributed by atoms with Gasteiger partial charge in [-0.15, -0.1) is 0 Å². The highest BCUT2D eigenvalue weighted by Crippen LogP contribution is 2.23. The Kier molecular flexibility index (Phi) is 8.84. The maximum atomic E-state index is 13.6. The number of aryl methyl sites for hydroxylation is 1. The van der Waals surface area contributed by atoms with Crippen LogP contribution in [0.3, 0.4) is 0 Å². The molecule has 37 heavy (non-hydrogen) atoms. The summed E-state index contributed by atoms with van der Waals surface area (Å²) in [7, 11) is 1.82. The first-order valence-electron chi connectivity index (χ1n) is 12.6. The molecule has 3 N–H and O–H groups in total. The summed E-state index contributed by atoms with van der Waals surface area (Å²) >= 11 is 0. The van der Waals surface area contributed by atoms with Crippen molar-refractivity contribution in [1.82, 2.24) is 25.0 Å². The van der Waals surface area contributed by atoms with Crippen LogP contribution in [0.1, 0.15) is 41.6 Å². The second-order valence-corrected chi connectivity index (χ2v) is 9.22. The number of aromatic nitrogens is 3. The number of carbonyl (C=O) groups is 2. The van der Waals surface area contributed by atoms with E-state index in [-0.39, 0.29) is 30.3 Å². The number of aliphatic hydroxyl groups excluding tert-OH is 1. The maximum absolute atomic E-state index is 13.6. The number of pyridine rings is 1. The van der Waals surface area contributed by atoms with Gasteiger partial charge >= 0.3 is 0 Å². The first-order chi connectivity index (χ1) is 17.9. The van der Waals surface area contributed by atoms with E-state index in [1.807, 2.05) is 19.3 Å². The number of anilines is 1. The van der Waals surface area contributed by atoms with Crippen molar-refractivity contribution in [2.75, 3.05) is 31.6 Å². The molecule has 3 heterocycles. The second-order valence-electron chi connectivity index (χ2n) is 9.22. The molecule has 9 nitrogen and oxygen atoms in total. The number of aliphatic hydroxyl groups is 1. The molecule has 2 amide bonds. The number of rotatable bonds is 11. The Bertz CT molecular complexity index is 1230. The fourth-order valence-corrected chi connectivity index (χ4v) is 4.56. The molecule has 1 saturated heterocycles. The first kappa shape index (κ1) is 26.3. The summed E-state index contributed by atoms with van der Waals surface area (Å²) < 4.78 is 15.2. The van der Waals surface area contributed by atoms with Gasteiger partial charge in [-0.2, -0.15) is 5.10 Å². The van der Waals surface area contributed by atoms with Crippen LogP contribution in [0.25, 0.3) is 11.3 Å². The molecular weight excluding hydrogens is 475 g/mol. The zero-order chi connectivity index (χ0) is 26.2. The Morgan fingerprint density at radius 3 is 2.86 bits per heavy atom. The van der Waals surface area contributed by atoms with Gasteiger partial charge in [0.1, 0.15) is 11.6 Å². The zero-order valence-corrected chi connectivity index (χ0v) is 21.0. The van der Waals surface area contributed by atoms with E-state index in [2.05, 4.69) is 15.7 Å². The van der Waals surface area contributed by atoms with Crippen LogP contribution >= 0.6 is 0 Å². The van der Waals surface area contributed by atoms with Gasteiger partial charge in [0, 0.05) is 57.5 Å². The molecule has 4 rings (SSSR count). The molecule has 0 saturated carbocycles. The lowest BCUT2D eigenvalue weighted by Gasteiger charge is -2.25. The molecule has 3 aromatic rings. The van der Waals surface area contributed by atoms with Gasteiger partial charge in [0.25, 0.3) is 5.91 Å². The van der Waals surface area contributed by atoms with Crippen molar-refractivity contribution in [2.24, 2.45) is 7.05 Å². The molecule has 1 aliphatic rings. The number of likely N-dealkylation sites (tertiary alicyclic amines) is 1. The van der Waals surface area contributed by atoms with Crippen molar-refractivity contribution >= 4 is 17.6 Å². The van der Waals surface area contributed by atoms with E-state index < -0.39 is 0 Å². The Morgan fingerprint density at radius 2 is 2.11 bits per heavy atom. The third-order valence-corrected chi connectivity index (χ3v) is 6.48. The minimum absolute atomic E-state index is 0.00740. The molecule has 0 aliphatic carbocycles. The summed E-state index contributed by atoms with van der Waals surface area (Å²) in [5.41, 5.74) is 2.73. The summed E-state index contributed by atoms with van der Waals surface area (Å²) in [5, 5.41) is 19.4. The van der Waals surface area contributed by atoms with E-state index in [1.54, 1.807) is 34.0 Å². The van der Waals surface area contributed by atoms with Crippen LogP contribution in [0, 0.1) is 5.82 Å². The molecule has 1 atom stereocenters. The highest BCUT2D eigenvalue weighted by molar-refractivity contribution is 5.99. The van der Waals surface area contributed by atoms with E-state index in [1.165, 1.54) is 12.1 Å². The summed E-state index contributed by atoms with van der Waals surface area (Å²) in [6, 6.07) is 9.87. The molecule has 1 aromatic carbocycles. The lowest BCUT2D eigenvalue weighted by atomic mass is 10.1. The zero-order valence-electron chi connectivity index (χ0n) is 21.0. The van der Waals surface area contributed by atoms with Crippen LogP contribution < -0.4 is 10.6 Å². The monoisotopic (exact) mass is 508 g/mol. The summed E-state index contributed by atoms with van der Waals surface area (Å²) in [6.07, 6.45) is 6.57. The molecule has 0 unspecified atom stereocenters. The molecule has 1 fully saturated rings. The van der Waals surface area contributed by atoms with Gasteiger partial charge in [-0.1, -0.05) is 12.1 Å². The van der Waals surface area contributed by atoms with Crippen molar-refractivity contribution in [2.45, 2.75) is 38.1 Å². The average molecular weight is 509 g/mol. The van der Waals surface area contributed by atoms with E-state index in [0.717, 1.165) is 24.0 Å². The number of amides is 2. The number of halogens is 1. The Balaban J connectivity index is 1.46. The SMILES string of the molecule is Cn1cc(-c2ccc(C(=O)NC[C@H]3CCCN3C(=O)CCCO)c(NCCc3cccc(F)c3)n2)cn1. The number of nitrogens with one attached hydrogen (secondary N) is 2. The van der Waals surface area contributed by atoms with E-state index in [4.69, 9.17) is 10.1 Å². The molecule has 2 aromatic heterocycles. The molecule has 0 bridgehead atoms. The quantitative estimate of drug-likeness (QED) is 0.367. The molecule has 196 valence electrons. The van der Waals surface area contributed by atoms with Crippen LogP contribution in [0.5, 0.6) is 0 Å². The van der Waals surface area contributed by atoms with Crippen LogP contribution in [-0.2, 0) is 18.3 Å². The van der Waals surface area contributed by atoms with Crippen LogP contribution in [0.2, 0.25) is 0 Å². The normalized spacial score (nSPS) is 15.1. The minimum Gasteiger partial charge on any atom is -0.396 e. The third-order valence-electron chi connectivity index (χ3n) is 6.48. The predicted molar refractivity (Wildman–Crippen MR) is 138 cm³/mol. The molecular formula is C27H33FN6O3. The maximum Gasteiger partial charge on any atom is 0.255 e. The number of hydrogen-bond donors (Lipinski definition) is 3. The minimum atomic E-state index is -0.287. The van der Waals surface area contributed by atoms with Gasteiger partial charge in [0.2, 0.25) is 5.91 Å². The predicted octanol–water partition coefficient (Wildman–Crippen LogP) is 2.77. The summed E-state index contributed by atoms with van der Waals surface area (Å²) in [4.78, 5) is 32.2. The fourth-order valence-electron chi connectivity index (χ4n) is 4.56. The summed E-state index contributed by atoms with van der Waals surface area (Å²) in [5.74, 6) is -0.135. The van der Waals surface area contributed by atoms with Crippen molar-refractivity contribution in [3.8, 4) is 11.3 Å². The Hall–Kier alpha value is -3.79. The van der Waals surface area contributed by atoms with Gasteiger partial charge in [-0.3, -0.25) is 14.3 Å². The van der Waals surface area contributed by atoms with Crippen molar-refractivity contribution in [3.05, 3.63) is 65.7 Å². The van der Waals surface area contributed by atoms with Gasteiger partial charge in [0.05, 0.1) is 17.5 Å². The molecule has 0 spiro atoms. The van der Waals surface area contributed by atoms with Crippen LogP contribution in [0.15, 0.2) is 48.8 Å². The van der Waals surface area contributed by atoms with Gasteiger partial charge in [0.15, 0.2) is 0 Å². The first-order valence-corrected chi connectivity index (χ1v) is 12.6. The number of nitrogens with zero attached hydrogens (tertiary/aromatic N) is 4. The summed E-state index contributed by atoms with van der Waals surface area (Å²) in [6.45, 7) is 1.46. The van der Waals surface area contributed by atoms with Crippen LogP contribution in [0.4, 0.5) is 10.2 Å². The number of benzene rings is 1. The van der Waals surface area contributed by atoms with Crippen LogP contribution in [-0.4, -0.2) is 68.9 Å². The Labute approximate surface area is 215 Å². The van der Waals surface area contributed by atoms with Crippen molar-refractivity contribution in [3.63, 3.8) is 0 Å². The largest absolute Gasteiger partial charge is 0.396 e. The molecule has 0 radical (unpaired) electrons. The lowest BCUT2D eigenvalue weighted by Crippen LogP contribution is -2.43. The van der Waals surface area contributed by atoms with E-state index in [9.17, 15) is 14.0 Å². The molecule has 1 aliphatic heterocycles. The van der Waals surface area contributed by atoms with E-state index >= 15 is 0 Å².